The first-order valence-electron chi connectivity index (χ1n) is 6.22. The second kappa shape index (κ2) is 5.24. The van der Waals surface area contributed by atoms with E-state index in [1.165, 1.54) is 6.20 Å². The summed E-state index contributed by atoms with van der Waals surface area (Å²) in [5, 5.41) is 2.87. The molecule has 0 radical (unpaired) electrons. The van der Waals surface area contributed by atoms with Crippen LogP contribution in [-0.2, 0) is 10.0 Å². The van der Waals surface area contributed by atoms with Crippen molar-refractivity contribution in [2.75, 3.05) is 25.5 Å². The van der Waals surface area contributed by atoms with Gasteiger partial charge in [-0.1, -0.05) is 6.92 Å². The molecule has 1 heterocycles. The molecule has 18 heavy (non-hydrogen) atoms. The maximum absolute atomic E-state index is 12.4. The molecule has 6 heteroatoms. The number of nitrogens with one attached hydrogen (secondary N) is 1. The van der Waals surface area contributed by atoms with Crippen LogP contribution in [0, 0.1) is 5.92 Å². The van der Waals surface area contributed by atoms with Crippen LogP contribution in [-0.4, -0.2) is 37.8 Å². The third-order valence-corrected chi connectivity index (χ3v) is 5.07. The topological polar surface area (TPSA) is 62.3 Å². The average molecular weight is 269 g/mol. The molecule has 0 aliphatic heterocycles. The maximum Gasteiger partial charge on any atom is 0.244 e. The van der Waals surface area contributed by atoms with E-state index in [1.54, 1.807) is 23.5 Å². The molecule has 1 aliphatic carbocycles. The molecule has 2 rings (SSSR count). The average Bonchev–Trinajstić information content (AvgIpc) is 3.19. The molecule has 5 nitrogen and oxygen atoms in total. The molecule has 0 bridgehead atoms. The van der Waals surface area contributed by atoms with E-state index in [-0.39, 0.29) is 4.90 Å². The molecular weight excluding hydrogens is 250 g/mol. The Balaban J connectivity index is 2.21. The van der Waals surface area contributed by atoms with Gasteiger partial charge in [0.25, 0.3) is 0 Å². The van der Waals surface area contributed by atoms with Gasteiger partial charge in [0.05, 0.1) is 0 Å². The number of hydrogen-bond donors (Lipinski definition) is 1. The molecule has 1 aromatic rings. The molecule has 100 valence electrons. The first kappa shape index (κ1) is 13.3. The third-order valence-electron chi connectivity index (χ3n) is 3.14. The van der Waals surface area contributed by atoms with Crippen molar-refractivity contribution in [3.05, 3.63) is 18.3 Å². The first-order chi connectivity index (χ1) is 8.57. The van der Waals surface area contributed by atoms with Crippen LogP contribution >= 0.6 is 0 Å². The van der Waals surface area contributed by atoms with Gasteiger partial charge in [-0.2, -0.15) is 4.31 Å². The predicted octanol–water partition coefficient (Wildman–Crippen LogP) is 1.54. The van der Waals surface area contributed by atoms with Crippen LogP contribution in [0.1, 0.15) is 19.8 Å². The van der Waals surface area contributed by atoms with Crippen LogP contribution in [0.15, 0.2) is 23.2 Å². The number of nitrogens with zero attached hydrogens (tertiary/aromatic N) is 2. The maximum atomic E-state index is 12.4. The van der Waals surface area contributed by atoms with E-state index in [2.05, 4.69) is 10.3 Å². The zero-order chi connectivity index (χ0) is 13.2. The van der Waals surface area contributed by atoms with Crippen molar-refractivity contribution in [2.24, 2.45) is 5.92 Å². The summed E-state index contributed by atoms with van der Waals surface area (Å²) in [6.07, 6.45) is 3.70. The van der Waals surface area contributed by atoms with E-state index in [1.807, 2.05) is 6.92 Å². The molecule has 1 N–H and O–H groups in total. The van der Waals surface area contributed by atoms with Crippen LogP contribution in [0.25, 0.3) is 0 Å². The molecule has 1 fully saturated rings. The van der Waals surface area contributed by atoms with Crippen molar-refractivity contribution in [1.29, 1.82) is 0 Å². The Morgan fingerprint density at radius 1 is 1.44 bits per heavy atom. The fraction of sp³-hybridized carbons (Fsp3) is 0.583. The second-order valence-electron chi connectivity index (χ2n) is 4.53. The van der Waals surface area contributed by atoms with E-state index >= 15 is 0 Å². The molecule has 0 saturated heterocycles. The van der Waals surface area contributed by atoms with Gasteiger partial charge < -0.3 is 5.32 Å². The third kappa shape index (κ3) is 2.81. The molecule has 0 unspecified atom stereocenters. The highest BCUT2D eigenvalue weighted by Crippen LogP contribution is 2.31. The Labute approximate surface area is 108 Å². The number of hydrogen-bond acceptors (Lipinski definition) is 4. The van der Waals surface area contributed by atoms with Gasteiger partial charge in [0.15, 0.2) is 0 Å². The minimum absolute atomic E-state index is 0.268. The van der Waals surface area contributed by atoms with Gasteiger partial charge >= 0.3 is 0 Å². The normalized spacial score (nSPS) is 15.9. The zero-order valence-corrected chi connectivity index (χ0v) is 11.6. The summed E-state index contributed by atoms with van der Waals surface area (Å²) in [5.74, 6) is 1.21. The largest absolute Gasteiger partial charge is 0.373 e. The predicted molar refractivity (Wildman–Crippen MR) is 70.9 cm³/mol. The van der Waals surface area contributed by atoms with Gasteiger partial charge in [-0.3, -0.25) is 0 Å². The summed E-state index contributed by atoms with van der Waals surface area (Å²) < 4.78 is 26.3. The Morgan fingerprint density at radius 2 is 2.17 bits per heavy atom. The highest BCUT2D eigenvalue weighted by Gasteiger charge is 2.30. The second-order valence-corrected chi connectivity index (χ2v) is 6.47. The number of aromatic nitrogens is 1. The zero-order valence-electron chi connectivity index (χ0n) is 10.8. The van der Waals surface area contributed by atoms with Crippen molar-refractivity contribution in [3.8, 4) is 0 Å². The molecule has 1 aromatic heterocycles. The van der Waals surface area contributed by atoms with Gasteiger partial charge in [0.1, 0.15) is 10.7 Å². The van der Waals surface area contributed by atoms with Crippen molar-refractivity contribution in [2.45, 2.75) is 24.7 Å². The molecular formula is C12H19N3O2S. The Morgan fingerprint density at radius 3 is 2.61 bits per heavy atom. The van der Waals surface area contributed by atoms with Crippen LogP contribution < -0.4 is 5.32 Å². The smallest absolute Gasteiger partial charge is 0.244 e. The lowest BCUT2D eigenvalue weighted by molar-refractivity contribution is 0.412. The summed E-state index contributed by atoms with van der Waals surface area (Å²) >= 11 is 0. The minimum atomic E-state index is -3.39. The molecule has 0 aromatic carbocycles. The van der Waals surface area contributed by atoms with E-state index in [9.17, 15) is 8.42 Å². The quantitative estimate of drug-likeness (QED) is 0.851. The number of sulfonamides is 1. The lowest BCUT2D eigenvalue weighted by atomic mass is 10.4. The Hall–Kier alpha value is -1.14. The summed E-state index contributed by atoms with van der Waals surface area (Å²) in [4.78, 5) is 4.33. The van der Waals surface area contributed by atoms with Crippen molar-refractivity contribution in [3.63, 3.8) is 0 Å². The van der Waals surface area contributed by atoms with Crippen LogP contribution in [0.4, 0.5) is 5.82 Å². The fourth-order valence-corrected chi connectivity index (χ4v) is 3.29. The highest BCUT2D eigenvalue weighted by atomic mass is 32.2. The van der Waals surface area contributed by atoms with Crippen LogP contribution in [0.5, 0.6) is 0 Å². The van der Waals surface area contributed by atoms with Crippen molar-refractivity contribution in [1.82, 2.24) is 9.29 Å². The molecule has 0 amide bonds. The van der Waals surface area contributed by atoms with Gasteiger partial charge in [0.2, 0.25) is 10.0 Å². The fourth-order valence-electron chi connectivity index (χ4n) is 1.82. The van der Waals surface area contributed by atoms with Crippen molar-refractivity contribution < 1.29 is 8.42 Å². The highest BCUT2D eigenvalue weighted by molar-refractivity contribution is 7.89. The van der Waals surface area contributed by atoms with E-state index in [4.69, 9.17) is 0 Å². The molecule has 1 saturated carbocycles. The monoisotopic (exact) mass is 269 g/mol. The van der Waals surface area contributed by atoms with Crippen LogP contribution in [0.3, 0.4) is 0 Å². The molecule has 0 atom stereocenters. The van der Waals surface area contributed by atoms with Gasteiger partial charge in [-0.15, -0.1) is 0 Å². The van der Waals surface area contributed by atoms with Gasteiger partial charge in [-0.25, -0.2) is 13.4 Å². The molecule has 1 aliphatic rings. The first-order valence-corrected chi connectivity index (χ1v) is 7.66. The van der Waals surface area contributed by atoms with E-state index in [0.717, 1.165) is 12.8 Å². The number of pyridine rings is 1. The summed E-state index contributed by atoms with van der Waals surface area (Å²) in [6.45, 7) is 3.01. The summed E-state index contributed by atoms with van der Waals surface area (Å²) in [7, 11) is -1.64. The van der Waals surface area contributed by atoms with E-state index < -0.39 is 10.0 Å². The van der Waals surface area contributed by atoms with E-state index in [0.29, 0.717) is 24.8 Å². The Kier molecular flexibility index (Phi) is 3.87. The molecule has 0 spiro atoms. The minimum Gasteiger partial charge on any atom is -0.373 e. The SMILES string of the molecule is CCN(CC1CC1)S(=O)(=O)c1ccc(NC)nc1. The van der Waals surface area contributed by atoms with Crippen molar-refractivity contribution >= 4 is 15.8 Å². The summed E-state index contributed by atoms with van der Waals surface area (Å²) in [6, 6.07) is 3.28. The number of rotatable bonds is 6. The lowest BCUT2D eigenvalue weighted by Gasteiger charge is -2.20. The van der Waals surface area contributed by atoms with Gasteiger partial charge in [0, 0.05) is 26.3 Å². The standard InChI is InChI=1S/C12H19N3O2S/c1-3-15(9-10-4-5-10)18(16,17)11-6-7-12(13-2)14-8-11/h6-8,10H,3-5,9H2,1-2H3,(H,13,14). The lowest BCUT2D eigenvalue weighted by Crippen LogP contribution is -2.32. The summed E-state index contributed by atoms with van der Waals surface area (Å²) in [5.41, 5.74) is 0. The number of anilines is 1. The van der Waals surface area contributed by atoms with Crippen LogP contribution in [0.2, 0.25) is 0 Å². The Bertz CT molecular complexity index is 495. The van der Waals surface area contributed by atoms with Gasteiger partial charge in [-0.05, 0) is 30.9 Å².